The zero-order valence-corrected chi connectivity index (χ0v) is 22.2. The smallest absolute Gasteiger partial charge is 0.305 e. The number of ether oxygens (including phenoxy) is 4. The number of oxazole rings is 1. The Morgan fingerprint density at radius 3 is 2.61 bits per heavy atom. The lowest BCUT2D eigenvalue weighted by atomic mass is 9.86. The van der Waals surface area contributed by atoms with E-state index in [4.69, 9.17) is 18.6 Å². The van der Waals surface area contributed by atoms with E-state index in [2.05, 4.69) is 9.72 Å². The Labute approximate surface area is 222 Å². The van der Waals surface area contributed by atoms with E-state index in [1.807, 2.05) is 31.2 Å². The summed E-state index contributed by atoms with van der Waals surface area (Å²) in [6.45, 7) is 4.50. The highest BCUT2D eigenvalue weighted by atomic mass is 16.6. The molecule has 210 valence electrons. The Hall–Kier alpha value is -2.50. The molecule has 0 unspecified atom stereocenters. The number of carbonyl (C=O) groups excluding carboxylic acids is 1. The molecule has 38 heavy (non-hydrogen) atoms. The largest absolute Gasteiger partial charge is 0.494 e. The Balaban J connectivity index is 1.22. The topological polar surface area (TPSA) is 144 Å². The second kappa shape index (κ2) is 13.0. The molecule has 3 heterocycles. The van der Waals surface area contributed by atoms with Crippen LogP contribution in [-0.4, -0.2) is 83.2 Å². The van der Waals surface area contributed by atoms with Crippen LogP contribution in [0.4, 0.5) is 0 Å². The van der Waals surface area contributed by atoms with E-state index < -0.39 is 24.4 Å². The number of esters is 1. The number of hydrogen-bond donors (Lipinski definition) is 3. The van der Waals surface area contributed by atoms with Gasteiger partial charge in [0, 0.05) is 30.2 Å². The molecule has 0 amide bonds. The Morgan fingerprint density at radius 1 is 1.13 bits per heavy atom. The van der Waals surface area contributed by atoms with Crippen molar-refractivity contribution in [3.05, 3.63) is 36.2 Å². The van der Waals surface area contributed by atoms with Gasteiger partial charge in [-0.3, -0.25) is 4.79 Å². The first kappa shape index (κ1) is 28.5. The van der Waals surface area contributed by atoms with Crippen molar-refractivity contribution in [2.75, 3.05) is 20.3 Å². The number of aromatic nitrogens is 1. The van der Waals surface area contributed by atoms with E-state index in [0.717, 1.165) is 12.0 Å². The van der Waals surface area contributed by atoms with Gasteiger partial charge in [-0.05, 0) is 50.5 Å². The summed E-state index contributed by atoms with van der Waals surface area (Å²) in [6.07, 6.45) is 1.19. The maximum atomic E-state index is 11.1. The van der Waals surface area contributed by atoms with Gasteiger partial charge >= 0.3 is 5.97 Å². The van der Waals surface area contributed by atoms with Crippen LogP contribution in [0.2, 0.25) is 0 Å². The number of aliphatic hydroxyl groups excluding tert-OH is 3. The van der Waals surface area contributed by atoms with Crippen LogP contribution in [0.1, 0.15) is 45.3 Å². The van der Waals surface area contributed by atoms with Gasteiger partial charge in [0.05, 0.1) is 57.0 Å². The van der Waals surface area contributed by atoms with E-state index >= 15 is 0 Å². The van der Waals surface area contributed by atoms with Crippen molar-refractivity contribution < 1.29 is 43.5 Å². The van der Waals surface area contributed by atoms with Crippen LogP contribution in [-0.2, 0) is 25.4 Å². The second-order valence-corrected chi connectivity index (χ2v) is 10.3. The van der Waals surface area contributed by atoms with Crippen molar-refractivity contribution in [2.45, 2.75) is 82.6 Å². The highest BCUT2D eigenvalue weighted by molar-refractivity contribution is 5.68. The van der Waals surface area contributed by atoms with Gasteiger partial charge in [0.25, 0.3) is 0 Å². The maximum absolute atomic E-state index is 11.1. The monoisotopic (exact) mass is 533 g/mol. The highest BCUT2D eigenvalue weighted by Gasteiger charge is 2.48. The van der Waals surface area contributed by atoms with Gasteiger partial charge in [0.2, 0.25) is 5.89 Å². The summed E-state index contributed by atoms with van der Waals surface area (Å²) in [7, 11) is 1.38. The second-order valence-electron chi connectivity index (χ2n) is 10.3. The molecule has 2 aliphatic heterocycles. The predicted octanol–water partition coefficient (Wildman–Crippen LogP) is 2.52. The van der Waals surface area contributed by atoms with Gasteiger partial charge in [-0.2, -0.15) is 0 Å². The lowest BCUT2D eigenvalue weighted by Gasteiger charge is -2.37. The van der Waals surface area contributed by atoms with Gasteiger partial charge in [0.1, 0.15) is 17.6 Å². The summed E-state index contributed by atoms with van der Waals surface area (Å²) in [5.41, 5.74) is 0.782. The molecule has 1 aromatic carbocycles. The zero-order valence-electron chi connectivity index (χ0n) is 22.2. The average molecular weight is 534 g/mol. The van der Waals surface area contributed by atoms with E-state index in [1.165, 1.54) is 7.11 Å². The number of methoxy groups -OCH3 is 1. The number of rotatable bonds is 13. The predicted molar refractivity (Wildman–Crippen MR) is 136 cm³/mol. The van der Waals surface area contributed by atoms with Crippen LogP contribution in [0.3, 0.4) is 0 Å². The summed E-state index contributed by atoms with van der Waals surface area (Å²) >= 11 is 0. The van der Waals surface area contributed by atoms with Crippen LogP contribution in [0.5, 0.6) is 5.75 Å². The molecular formula is C28H39NO9. The zero-order chi connectivity index (χ0) is 27.2. The van der Waals surface area contributed by atoms with Crippen LogP contribution >= 0.6 is 0 Å². The third-order valence-electron chi connectivity index (χ3n) is 7.50. The molecule has 1 aromatic heterocycles. The molecule has 2 saturated heterocycles. The third kappa shape index (κ3) is 7.33. The number of carbonyl (C=O) groups is 1. The third-order valence-corrected chi connectivity index (χ3v) is 7.50. The molecule has 0 saturated carbocycles. The van der Waals surface area contributed by atoms with Gasteiger partial charge in [0.15, 0.2) is 0 Å². The van der Waals surface area contributed by atoms with Crippen molar-refractivity contribution >= 4 is 5.97 Å². The number of hydrogen-bond acceptors (Lipinski definition) is 10. The Morgan fingerprint density at radius 2 is 1.89 bits per heavy atom. The van der Waals surface area contributed by atoms with Gasteiger partial charge in [-0.15, -0.1) is 0 Å². The molecule has 2 fully saturated rings. The average Bonchev–Trinajstić information content (AvgIpc) is 3.53. The lowest BCUT2D eigenvalue weighted by Crippen LogP contribution is -2.51. The number of unbranched alkanes of at least 4 members (excludes halogenated alkanes) is 1. The minimum atomic E-state index is -1.06. The van der Waals surface area contributed by atoms with E-state index in [-0.39, 0.29) is 36.4 Å². The van der Waals surface area contributed by atoms with Crippen LogP contribution in [0.15, 0.2) is 34.9 Å². The summed E-state index contributed by atoms with van der Waals surface area (Å²) in [5.74, 6) is 1.27. The van der Waals surface area contributed by atoms with Gasteiger partial charge < -0.3 is 38.7 Å². The lowest BCUT2D eigenvalue weighted by molar-refractivity contribution is -0.166. The molecule has 0 bridgehead atoms. The minimum absolute atomic E-state index is 0.0213. The first-order chi connectivity index (χ1) is 18.3. The summed E-state index contributed by atoms with van der Waals surface area (Å²) in [5, 5.41) is 31.2. The maximum Gasteiger partial charge on any atom is 0.305 e. The van der Waals surface area contributed by atoms with E-state index in [0.29, 0.717) is 49.9 Å². The summed E-state index contributed by atoms with van der Waals surface area (Å²) in [6, 6.07) is 7.37. The molecule has 4 rings (SSSR count). The fraction of sp³-hybridized carbons (Fsp3) is 0.643. The van der Waals surface area contributed by atoms with Gasteiger partial charge in [-0.1, -0.05) is 6.92 Å². The SMILES string of the molecule is COC(=O)CCCCOc1ccc(-c2ncc(C[C@@H]3OC[C@H](C[C@@H]4O[C@H]4[C@@H](C)[C@H](C)O)[C@@H](O)[C@H]3O)o2)cc1. The standard InChI is InChI=1S/C28H39NO9/c1-16(17(2)30)27-23(38-27)12-19-15-36-22(26(33)25(19)32)13-21-14-29-28(37-21)18-7-9-20(10-8-18)35-11-5-4-6-24(31)34-3/h7-10,14,16-17,19,22-23,25-27,30,32-33H,4-6,11-13,15H2,1-3H3/t16-,17-,19-,22-,23-,25+,26-,27-/m0/s1. The fourth-order valence-corrected chi connectivity index (χ4v) is 4.80. The molecule has 10 nitrogen and oxygen atoms in total. The molecule has 0 radical (unpaired) electrons. The Bertz CT molecular complexity index is 1020. The van der Waals surface area contributed by atoms with Crippen molar-refractivity contribution in [1.29, 1.82) is 0 Å². The van der Waals surface area contributed by atoms with Crippen molar-refractivity contribution in [3.8, 4) is 17.2 Å². The number of nitrogens with zero attached hydrogens (tertiary/aromatic N) is 1. The first-order valence-electron chi connectivity index (χ1n) is 13.3. The molecule has 8 atom stereocenters. The fourth-order valence-electron chi connectivity index (χ4n) is 4.80. The minimum Gasteiger partial charge on any atom is -0.494 e. The number of benzene rings is 1. The van der Waals surface area contributed by atoms with Crippen molar-refractivity contribution in [1.82, 2.24) is 4.98 Å². The van der Waals surface area contributed by atoms with E-state index in [1.54, 1.807) is 13.1 Å². The van der Waals surface area contributed by atoms with Gasteiger partial charge in [-0.25, -0.2) is 4.98 Å². The number of epoxide rings is 1. The first-order valence-corrected chi connectivity index (χ1v) is 13.3. The summed E-state index contributed by atoms with van der Waals surface area (Å²) < 4.78 is 27.8. The van der Waals surface area contributed by atoms with Crippen LogP contribution in [0.25, 0.3) is 11.5 Å². The molecule has 2 aliphatic rings. The molecule has 2 aromatic rings. The Kier molecular flexibility index (Phi) is 9.78. The van der Waals surface area contributed by atoms with Crippen molar-refractivity contribution in [3.63, 3.8) is 0 Å². The number of aliphatic hydroxyl groups is 3. The molecule has 0 spiro atoms. The van der Waals surface area contributed by atoms with Crippen LogP contribution in [0, 0.1) is 11.8 Å². The molecule has 3 N–H and O–H groups in total. The molecular weight excluding hydrogens is 494 g/mol. The molecule has 10 heteroatoms. The van der Waals surface area contributed by atoms with Crippen LogP contribution < -0.4 is 4.74 Å². The van der Waals surface area contributed by atoms with Crippen molar-refractivity contribution in [2.24, 2.45) is 11.8 Å². The normalized spacial score (nSPS) is 28.5. The highest BCUT2D eigenvalue weighted by Crippen LogP contribution is 2.38. The quantitative estimate of drug-likeness (QED) is 0.200. The summed E-state index contributed by atoms with van der Waals surface area (Å²) in [4.78, 5) is 15.5. The van der Waals surface area contributed by atoms with E-state index in [9.17, 15) is 20.1 Å². The molecule has 0 aliphatic carbocycles.